The molecule has 200 valence electrons. The number of rotatable bonds is 8. The largest absolute Gasteiger partial charge is 0.496 e. The summed E-state index contributed by atoms with van der Waals surface area (Å²) in [6, 6.07) is 4.29. The van der Waals surface area contributed by atoms with E-state index < -0.39 is 39.2 Å². The van der Waals surface area contributed by atoms with E-state index in [9.17, 15) is 28.1 Å². The first-order valence-electron chi connectivity index (χ1n) is 10.6. The van der Waals surface area contributed by atoms with Gasteiger partial charge >= 0.3 is 11.9 Å². The molecule has 0 radical (unpaired) electrons. The fraction of sp³-hybridized carbons (Fsp3) is 0.364. The Morgan fingerprint density at radius 1 is 1.19 bits per heavy atom. The summed E-state index contributed by atoms with van der Waals surface area (Å²) < 4.78 is 51.7. The molecule has 0 amide bonds. The molecule has 0 aliphatic heterocycles. The molecule has 3 aromatic rings. The number of nitrogens with zero attached hydrogens (tertiary/aromatic N) is 3. The third-order valence-electron chi connectivity index (χ3n) is 5.07. The first-order valence-corrected chi connectivity index (χ1v) is 11.8. The van der Waals surface area contributed by atoms with Gasteiger partial charge in [-0.05, 0) is 34.9 Å². The van der Waals surface area contributed by atoms with E-state index in [0.717, 1.165) is 17.7 Å². The average molecular weight is 563 g/mol. The second-order valence-electron chi connectivity index (χ2n) is 8.65. The van der Waals surface area contributed by atoms with Gasteiger partial charge in [0.1, 0.15) is 23.7 Å². The Balaban J connectivity index is 2.22. The zero-order valence-electron chi connectivity index (χ0n) is 20.0. The van der Waals surface area contributed by atoms with Crippen LogP contribution in [0.5, 0.6) is 11.5 Å². The molecule has 2 N–H and O–H groups in total. The molecule has 0 spiro atoms. The second-order valence-corrected chi connectivity index (χ2v) is 10.1. The zero-order chi connectivity index (χ0) is 27.7. The lowest BCUT2D eigenvalue weighted by Gasteiger charge is -2.25. The summed E-state index contributed by atoms with van der Waals surface area (Å²) in [5.41, 5.74) is -2.59. The summed E-state index contributed by atoms with van der Waals surface area (Å²) in [5.74, 6) is -0.368. The maximum atomic E-state index is 13.4. The van der Waals surface area contributed by atoms with Gasteiger partial charge in [0.2, 0.25) is 5.16 Å². The summed E-state index contributed by atoms with van der Waals surface area (Å²) in [6.45, 7) is 5.31. The predicted molar refractivity (Wildman–Crippen MR) is 129 cm³/mol. The molecule has 10 nitrogen and oxygen atoms in total. The molecule has 37 heavy (non-hydrogen) atoms. The van der Waals surface area contributed by atoms with Crippen molar-refractivity contribution in [1.82, 2.24) is 14.8 Å². The number of aromatic amines is 1. The van der Waals surface area contributed by atoms with Crippen molar-refractivity contribution in [2.24, 2.45) is 0 Å². The molecule has 3 rings (SSSR count). The quantitative estimate of drug-likeness (QED) is 0.290. The van der Waals surface area contributed by atoms with Crippen molar-refractivity contribution in [1.29, 1.82) is 0 Å². The van der Waals surface area contributed by atoms with E-state index in [4.69, 9.17) is 26.2 Å². The molecule has 0 fully saturated rings. The highest BCUT2D eigenvalue weighted by molar-refractivity contribution is 7.99. The van der Waals surface area contributed by atoms with Gasteiger partial charge in [-0.2, -0.15) is 13.2 Å². The molecule has 2 aromatic carbocycles. The van der Waals surface area contributed by atoms with Gasteiger partial charge in [0.25, 0.3) is 5.69 Å². The van der Waals surface area contributed by atoms with Gasteiger partial charge in [0.05, 0.1) is 34.2 Å². The number of aromatic nitrogens is 3. The molecule has 0 saturated carbocycles. The highest BCUT2D eigenvalue weighted by Crippen LogP contribution is 2.45. The smallest absolute Gasteiger partial charge is 0.420 e. The molecule has 0 atom stereocenters. The standard InChI is InChI=1S/C22H22ClF3N4O6S/c1-21(2,3)11-8-17(36-6-5-31)13(23)9-14(11)29-19(32)27-28-20(29)37-18-10-16(35-4)12(22(24,25)26)7-15(18)30(33)34/h7-10,31H,5-6H2,1-4H3,(H,27,32). The maximum absolute atomic E-state index is 13.4. The summed E-state index contributed by atoms with van der Waals surface area (Å²) in [6.07, 6.45) is -4.90. The molecular formula is C22H22ClF3N4O6S. The van der Waals surface area contributed by atoms with Crippen LogP contribution >= 0.6 is 23.4 Å². The number of benzene rings is 2. The van der Waals surface area contributed by atoms with Gasteiger partial charge in [-0.15, -0.1) is 5.10 Å². The number of ether oxygens (including phenoxy) is 2. The minimum absolute atomic E-state index is 0.0190. The molecule has 15 heteroatoms. The highest BCUT2D eigenvalue weighted by Gasteiger charge is 2.38. The van der Waals surface area contributed by atoms with Crippen LogP contribution in [0, 0.1) is 10.1 Å². The van der Waals surface area contributed by atoms with Crippen molar-refractivity contribution in [2.45, 2.75) is 42.4 Å². The molecule has 0 aliphatic rings. The fourth-order valence-corrected chi connectivity index (χ4v) is 4.60. The number of nitro groups is 1. The van der Waals surface area contributed by atoms with Gasteiger partial charge in [-0.1, -0.05) is 32.4 Å². The van der Waals surface area contributed by atoms with E-state index in [0.29, 0.717) is 23.4 Å². The SMILES string of the molecule is COc1cc(Sc2n[nH]c(=O)n2-c2cc(Cl)c(OCCO)cc2C(C)(C)C)c([N+](=O)[O-])cc1C(F)(F)F. The number of aliphatic hydroxyl groups is 1. The van der Waals surface area contributed by atoms with Gasteiger partial charge in [-0.25, -0.2) is 14.5 Å². The normalized spacial score (nSPS) is 12.0. The van der Waals surface area contributed by atoms with Crippen LogP contribution in [-0.2, 0) is 11.6 Å². The van der Waals surface area contributed by atoms with Crippen molar-refractivity contribution in [3.63, 3.8) is 0 Å². The van der Waals surface area contributed by atoms with Crippen molar-refractivity contribution >= 4 is 29.1 Å². The van der Waals surface area contributed by atoms with E-state index in [1.165, 1.54) is 6.07 Å². The van der Waals surface area contributed by atoms with E-state index in [1.807, 2.05) is 20.8 Å². The number of methoxy groups -OCH3 is 1. The van der Waals surface area contributed by atoms with Gasteiger partial charge in [-0.3, -0.25) is 10.1 Å². The van der Waals surface area contributed by atoms with E-state index in [2.05, 4.69) is 10.2 Å². The van der Waals surface area contributed by atoms with Crippen LogP contribution in [0.1, 0.15) is 31.9 Å². The van der Waals surface area contributed by atoms with Crippen LogP contribution in [0.15, 0.2) is 39.1 Å². The number of nitrogens with one attached hydrogen (secondary N) is 1. The van der Waals surface area contributed by atoms with E-state index >= 15 is 0 Å². The average Bonchev–Trinajstić information content (AvgIpc) is 3.15. The number of nitro benzene ring substituents is 1. The van der Waals surface area contributed by atoms with Crippen LogP contribution in [0.3, 0.4) is 0 Å². The number of halogens is 4. The molecule has 0 saturated heterocycles. The van der Waals surface area contributed by atoms with Crippen molar-refractivity contribution in [3.05, 3.63) is 61.0 Å². The first kappa shape index (κ1) is 28.3. The molecule has 0 unspecified atom stereocenters. The Bertz CT molecular complexity index is 1380. The molecule has 0 aliphatic carbocycles. The fourth-order valence-electron chi connectivity index (χ4n) is 3.42. The minimum Gasteiger partial charge on any atom is -0.496 e. The summed E-state index contributed by atoms with van der Waals surface area (Å²) in [5, 5.41) is 26.9. The Hall–Kier alpha value is -3.23. The van der Waals surface area contributed by atoms with Crippen LogP contribution in [0.2, 0.25) is 5.02 Å². The Kier molecular flexibility index (Phi) is 8.15. The first-order chi connectivity index (χ1) is 17.2. The number of alkyl halides is 3. The topological polar surface area (TPSA) is 133 Å². The van der Waals surface area contributed by atoms with Crippen molar-refractivity contribution in [3.8, 4) is 17.2 Å². The Labute approximate surface area is 217 Å². The van der Waals surface area contributed by atoms with Crippen LogP contribution in [0.4, 0.5) is 18.9 Å². The number of hydrogen-bond acceptors (Lipinski definition) is 8. The van der Waals surface area contributed by atoms with Crippen molar-refractivity contribution in [2.75, 3.05) is 20.3 Å². The Morgan fingerprint density at radius 3 is 2.41 bits per heavy atom. The lowest BCUT2D eigenvalue weighted by Crippen LogP contribution is -2.22. The predicted octanol–water partition coefficient (Wildman–Crippen LogP) is 4.97. The van der Waals surface area contributed by atoms with E-state index in [-0.39, 0.29) is 39.7 Å². The number of aliphatic hydroxyl groups excluding tert-OH is 1. The molecular weight excluding hydrogens is 541 g/mol. The second kappa shape index (κ2) is 10.6. The number of H-pyrrole nitrogens is 1. The lowest BCUT2D eigenvalue weighted by atomic mass is 9.85. The molecule has 0 bridgehead atoms. The van der Waals surface area contributed by atoms with Crippen LogP contribution < -0.4 is 15.2 Å². The third-order valence-corrected chi connectivity index (χ3v) is 6.37. The maximum Gasteiger partial charge on any atom is 0.420 e. The zero-order valence-corrected chi connectivity index (χ0v) is 21.5. The van der Waals surface area contributed by atoms with Crippen LogP contribution in [-0.4, -0.2) is 45.1 Å². The highest BCUT2D eigenvalue weighted by atomic mass is 35.5. The van der Waals surface area contributed by atoms with Crippen LogP contribution in [0.25, 0.3) is 5.69 Å². The Morgan fingerprint density at radius 2 is 1.86 bits per heavy atom. The monoisotopic (exact) mass is 562 g/mol. The van der Waals surface area contributed by atoms with Gasteiger partial charge in [0.15, 0.2) is 0 Å². The van der Waals surface area contributed by atoms with Gasteiger partial charge < -0.3 is 14.6 Å². The third kappa shape index (κ3) is 6.02. The van der Waals surface area contributed by atoms with E-state index in [1.54, 1.807) is 6.07 Å². The summed E-state index contributed by atoms with van der Waals surface area (Å²) in [4.78, 5) is 23.3. The minimum atomic E-state index is -4.90. The summed E-state index contributed by atoms with van der Waals surface area (Å²) >= 11 is 6.96. The number of hydrogen-bond donors (Lipinski definition) is 2. The molecule has 1 aromatic heterocycles. The van der Waals surface area contributed by atoms with Gasteiger partial charge in [0, 0.05) is 12.1 Å². The summed E-state index contributed by atoms with van der Waals surface area (Å²) in [7, 11) is 1.01. The lowest BCUT2D eigenvalue weighted by molar-refractivity contribution is -0.388. The molecule has 1 heterocycles. The van der Waals surface area contributed by atoms with Crippen molar-refractivity contribution < 1.29 is 32.7 Å².